The lowest BCUT2D eigenvalue weighted by Crippen LogP contribution is -2.15. The monoisotopic (exact) mass is 222 g/mol. The lowest BCUT2D eigenvalue weighted by molar-refractivity contribution is 0.165. The summed E-state index contributed by atoms with van der Waals surface area (Å²) < 4.78 is 10.7. The number of nitrogens with zero attached hydrogens (tertiary/aromatic N) is 2. The van der Waals surface area contributed by atoms with E-state index in [4.69, 9.17) is 20.6 Å². The molecule has 1 aliphatic rings. The average Bonchev–Trinajstić information content (AvgIpc) is 2.80. The van der Waals surface area contributed by atoms with E-state index in [1.165, 1.54) is 12.4 Å². The van der Waals surface area contributed by atoms with E-state index in [9.17, 15) is 0 Å². The number of aromatic nitrogens is 2. The Balaban J connectivity index is 1.87. The Morgan fingerprint density at radius 2 is 2.44 bits per heavy atom. The lowest BCUT2D eigenvalue weighted by atomic mass is 10.1. The van der Waals surface area contributed by atoms with Crippen molar-refractivity contribution in [3.05, 3.63) is 18.1 Å². The third-order valence-corrected chi connectivity index (χ3v) is 2.40. The average molecular weight is 222 g/mol. The zero-order valence-electron chi connectivity index (χ0n) is 8.85. The van der Waals surface area contributed by atoms with Gasteiger partial charge >= 0.3 is 0 Å². The van der Waals surface area contributed by atoms with Crippen LogP contribution in [0.1, 0.15) is 12.1 Å². The van der Waals surface area contributed by atoms with Crippen LogP contribution in [0.4, 0.5) is 0 Å². The Hall–Kier alpha value is -1.69. The topological polar surface area (TPSA) is 94.1 Å². The highest BCUT2D eigenvalue weighted by molar-refractivity contribution is 5.92. The fourth-order valence-electron chi connectivity index (χ4n) is 1.45. The van der Waals surface area contributed by atoms with Crippen molar-refractivity contribution in [2.45, 2.75) is 6.42 Å². The number of nitrogen functional groups attached to an aromatic ring is 1. The molecule has 0 aliphatic carbocycles. The van der Waals surface area contributed by atoms with Gasteiger partial charge in [0.05, 0.1) is 25.6 Å². The van der Waals surface area contributed by atoms with Crippen molar-refractivity contribution >= 4 is 5.84 Å². The third kappa shape index (κ3) is 2.66. The second-order valence-corrected chi connectivity index (χ2v) is 3.69. The normalized spacial score (nSPS) is 19.6. The van der Waals surface area contributed by atoms with Crippen LogP contribution in [0.25, 0.3) is 0 Å². The molecule has 1 unspecified atom stereocenters. The van der Waals surface area contributed by atoms with Crippen LogP contribution < -0.4 is 10.5 Å². The number of rotatable bonds is 4. The van der Waals surface area contributed by atoms with Gasteiger partial charge < -0.3 is 15.2 Å². The number of nitrogens with two attached hydrogens (primary N) is 1. The SMILES string of the molecule is N=C(N)c1cnc(OCC2CCOC2)cn1. The number of nitrogens with one attached hydrogen (secondary N) is 1. The van der Waals surface area contributed by atoms with Gasteiger partial charge in [0.15, 0.2) is 0 Å². The van der Waals surface area contributed by atoms with Gasteiger partial charge in [-0.3, -0.25) is 5.41 Å². The first-order valence-electron chi connectivity index (χ1n) is 5.12. The Morgan fingerprint density at radius 1 is 1.56 bits per heavy atom. The van der Waals surface area contributed by atoms with Gasteiger partial charge in [-0.05, 0) is 6.42 Å². The molecule has 6 heteroatoms. The van der Waals surface area contributed by atoms with E-state index in [1.807, 2.05) is 0 Å². The van der Waals surface area contributed by atoms with E-state index < -0.39 is 0 Å². The molecule has 1 saturated heterocycles. The van der Waals surface area contributed by atoms with E-state index in [1.54, 1.807) is 0 Å². The summed E-state index contributed by atoms with van der Waals surface area (Å²) in [6.07, 6.45) is 3.94. The van der Waals surface area contributed by atoms with Crippen LogP contribution >= 0.6 is 0 Å². The minimum Gasteiger partial charge on any atom is -0.476 e. The first-order chi connectivity index (χ1) is 7.75. The summed E-state index contributed by atoms with van der Waals surface area (Å²) in [5, 5.41) is 7.16. The largest absolute Gasteiger partial charge is 0.476 e. The van der Waals surface area contributed by atoms with E-state index >= 15 is 0 Å². The first-order valence-corrected chi connectivity index (χ1v) is 5.12. The van der Waals surface area contributed by atoms with E-state index in [-0.39, 0.29) is 5.84 Å². The van der Waals surface area contributed by atoms with Crippen molar-refractivity contribution < 1.29 is 9.47 Å². The molecule has 86 valence electrons. The third-order valence-electron chi connectivity index (χ3n) is 2.40. The summed E-state index contributed by atoms with van der Waals surface area (Å²) in [6, 6.07) is 0. The van der Waals surface area contributed by atoms with Crippen LogP contribution in [0.15, 0.2) is 12.4 Å². The summed E-state index contributed by atoms with van der Waals surface area (Å²) in [5.74, 6) is 0.800. The van der Waals surface area contributed by atoms with Crippen molar-refractivity contribution in [2.75, 3.05) is 19.8 Å². The van der Waals surface area contributed by atoms with Crippen LogP contribution in [0.2, 0.25) is 0 Å². The van der Waals surface area contributed by atoms with Gasteiger partial charge in [0.25, 0.3) is 0 Å². The highest BCUT2D eigenvalue weighted by Gasteiger charge is 2.16. The first kappa shape index (κ1) is 10.8. The molecule has 2 heterocycles. The highest BCUT2D eigenvalue weighted by Crippen LogP contribution is 2.14. The predicted molar refractivity (Wildman–Crippen MR) is 57.5 cm³/mol. The van der Waals surface area contributed by atoms with Crippen molar-refractivity contribution in [1.82, 2.24) is 9.97 Å². The van der Waals surface area contributed by atoms with Crippen molar-refractivity contribution in [1.29, 1.82) is 5.41 Å². The zero-order valence-corrected chi connectivity index (χ0v) is 8.85. The van der Waals surface area contributed by atoms with Gasteiger partial charge in [0, 0.05) is 12.5 Å². The Kier molecular flexibility index (Phi) is 3.31. The summed E-state index contributed by atoms with van der Waals surface area (Å²) >= 11 is 0. The van der Waals surface area contributed by atoms with Crippen LogP contribution in [-0.2, 0) is 4.74 Å². The molecule has 16 heavy (non-hydrogen) atoms. The van der Waals surface area contributed by atoms with Crippen molar-refractivity contribution in [3.63, 3.8) is 0 Å². The predicted octanol–water partition coefficient (Wildman–Crippen LogP) is 0.176. The molecule has 0 aromatic carbocycles. The van der Waals surface area contributed by atoms with E-state index in [0.29, 0.717) is 24.1 Å². The van der Waals surface area contributed by atoms with Gasteiger partial charge in [-0.15, -0.1) is 0 Å². The molecule has 1 aromatic heterocycles. The molecule has 1 aliphatic heterocycles. The van der Waals surface area contributed by atoms with Gasteiger partial charge in [-0.2, -0.15) is 0 Å². The lowest BCUT2D eigenvalue weighted by Gasteiger charge is -2.08. The van der Waals surface area contributed by atoms with Gasteiger partial charge in [0.1, 0.15) is 11.5 Å². The molecule has 6 nitrogen and oxygen atoms in total. The summed E-state index contributed by atoms with van der Waals surface area (Å²) in [6.45, 7) is 2.15. The molecule has 1 aromatic rings. The molecule has 0 radical (unpaired) electrons. The second kappa shape index (κ2) is 4.89. The molecular formula is C10H14N4O2. The molecule has 0 amide bonds. The Labute approximate surface area is 93.3 Å². The fourth-order valence-corrected chi connectivity index (χ4v) is 1.45. The molecule has 0 spiro atoms. The minimum atomic E-state index is -0.0942. The summed E-state index contributed by atoms with van der Waals surface area (Å²) in [7, 11) is 0. The van der Waals surface area contributed by atoms with Gasteiger partial charge in [-0.25, -0.2) is 9.97 Å². The highest BCUT2D eigenvalue weighted by atomic mass is 16.5. The number of amidine groups is 1. The van der Waals surface area contributed by atoms with Crippen LogP contribution in [0.5, 0.6) is 5.88 Å². The molecule has 0 saturated carbocycles. The van der Waals surface area contributed by atoms with Crippen LogP contribution in [0.3, 0.4) is 0 Å². The van der Waals surface area contributed by atoms with Gasteiger partial charge in [-0.1, -0.05) is 0 Å². The summed E-state index contributed by atoms with van der Waals surface area (Å²) in [5.41, 5.74) is 5.62. The Morgan fingerprint density at radius 3 is 3.00 bits per heavy atom. The number of hydrogen-bond acceptors (Lipinski definition) is 5. The van der Waals surface area contributed by atoms with Crippen molar-refractivity contribution in [2.24, 2.45) is 11.7 Å². The maximum atomic E-state index is 7.16. The summed E-state index contributed by atoms with van der Waals surface area (Å²) in [4.78, 5) is 7.97. The van der Waals surface area contributed by atoms with Crippen molar-refractivity contribution in [3.8, 4) is 5.88 Å². The van der Waals surface area contributed by atoms with E-state index in [0.717, 1.165) is 19.6 Å². The fraction of sp³-hybridized carbons (Fsp3) is 0.500. The molecule has 1 fully saturated rings. The molecular weight excluding hydrogens is 208 g/mol. The smallest absolute Gasteiger partial charge is 0.232 e. The Bertz CT molecular complexity index is 360. The molecule has 0 bridgehead atoms. The standard InChI is InChI=1S/C10H14N4O2/c11-10(12)8-3-14-9(4-13-8)16-6-7-1-2-15-5-7/h3-4,7H,1-2,5-6H2,(H3,11,12). The maximum Gasteiger partial charge on any atom is 0.232 e. The number of ether oxygens (including phenoxy) is 2. The quantitative estimate of drug-likeness (QED) is 0.559. The van der Waals surface area contributed by atoms with E-state index in [2.05, 4.69) is 9.97 Å². The van der Waals surface area contributed by atoms with Gasteiger partial charge in [0.2, 0.25) is 5.88 Å². The molecule has 1 atom stereocenters. The number of hydrogen-bond donors (Lipinski definition) is 2. The van der Waals surface area contributed by atoms with Crippen LogP contribution in [-0.4, -0.2) is 35.6 Å². The van der Waals surface area contributed by atoms with Crippen LogP contribution in [0, 0.1) is 11.3 Å². The molecule has 3 N–H and O–H groups in total. The minimum absolute atomic E-state index is 0.0942. The zero-order chi connectivity index (χ0) is 11.4. The maximum absolute atomic E-state index is 7.16. The molecule has 2 rings (SSSR count). The second-order valence-electron chi connectivity index (χ2n) is 3.69.